The van der Waals surface area contributed by atoms with Gasteiger partial charge in [-0.3, -0.25) is 4.79 Å². The van der Waals surface area contributed by atoms with E-state index in [2.05, 4.69) is 15.3 Å². The van der Waals surface area contributed by atoms with Crippen molar-refractivity contribution in [2.24, 2.45) is 11.8 Å². The molecule has 1 aliphatic rings. The van der Waals surface area contributed by atoms with Gasteiger partial charge in [-0.1, -0.05) is 30.3 Å². The van der Waals surface area contributed by atoms with E-state index in [0.29, 0.717) is 31.4 Å². The van der Waals surface area contributed by atoms with Crippen LogP contribution in [0, 0.1) is 18.8 Å². The van der Waals surface area contributed by atoms with E-state index in [0.717, 1.165) is 34.5 Å². The third kappa shape index (κ3) is 5.67. The molecular weight excluding hydrogens is 471 g/mol. The smallest absolute Gasteiger partial charge is 0.433 e. The van der Waals surface area contributed by atoms with Crippen LogP contribution in [-0.4, -0.2) is 26.2 Å². The predicted octanol–water partition coefficient (Wildman–Crippen LogP) is 6.31. The van der Waals surface area contributed by atoms with Crippen molar-refractivity contribution in [3.05, 3.63) is 71.5 Å². The second kappa shape index (κ2) is 9.89. The number of carboxylic acids is 1. The highest BCUT2D eigenvalue weighted by molar-refractivity contribution is 5.71. The number of carboxylic acid groups (broad SMARTS) is 1. The molecule has 1 fully saturated rings. The van der Waals surface area contributed by atoms with Crippen LogP contribution in [0.4, 0.5) is 24.8 Å². The molecule has 1 unspecified atom stereocenters. The Bertz CT molecular complexity index is 1240. The van der Waals surface area contributed by atoms with Crippen molar-refractivity contribution in [2.45, 2.75) is 51.3 Å². The number of carbonyl (C=O) groups is 1. The largest absolute Gasteiger partial charge is 0.481 e. The van der Waals surface area contributed by atoms with E-state index in [1.807, 2.05) is 37.3 Å². The van der Waals surface area contributed by atoms with Crippen molar-refractivity contribution in [3.63, 3.8) is 0 Å². The van der Waals surface area contributed by atoms with Crippen LogP contribution in [0.15, 0.2) is 54.7 Å². The number of anilines is 2. The highest BCUT2D eigenvalue weighted by Gasteiger charge is 2.38. The SMILES string of the molecule is Cc1cc(Nc2nccc(C(F)(F)F)n2)cc(-c2ccc(C(C)(O)[C@H]3CC[C@H](C(=O)O)CC3)cc2)c1. The number of rotatable bonds is 6. The highest BCUT2D eigenvalue weighted by atomic mass is 19.4. The fraction of sp³-hybridized carbons (Fsp3) is 0.370. The van der Waals surface area contributed by atoms with Gasteiger partial charge in [0.2, 0.25) is 5.95 Å². The molecule has 0 amide bonds. The maximum Gasteiger partial charge on any atom is 0.433 e. The van der Waals surface area contributed by atoms with Crippen molar-refractivity contribution < 1.29 is 28.2 Å². The number of benzene rings is 2. The summed E-state index contributed by atoms with van der Waals surface area (Å²) in [7, 11) is 0. The Hall–Kier alpha value is -3.46. The van der Waals surface area contributed by atoms with Crippen molar-refractivity contribution in [1.82, 2.24) is 9.97 Å². The molecule has 1 aromatic heterocycles. The van der Waals surface area contributed by atoms with Crippen LogP contribution in [0.1, 0.15) is 49.4 Å². The van der Waals surface area contributed by atoms with Crippen molar-refractivity contribution >= 4 is 17.6 Å². The Morgan fingerprint density at radius 1 is 1.00 bits per heavy atom. The molecule has 4 rings (SSSR count). The number of hydrogen-bond donors (Lipinski definition) is 3. The molecule has 3 aromatic rings. The summed E-state index contributed by atoms with van der Waals surface area (Å²) in [5, 5.41) is 23.4. The van der Waals surface area contributed by atoms with Crippen molar-refractivity contribution in [3.8, 4) is 11.1 Å². The molecule has 190 valence electrons. The quantitative estimate of drug-likeness (QED) is 0.368. The van der Waals surface area contributed by atoms with E-state index in [9.17, 15) is 28.2 Å². The minimum absolute atomic E-state index is 0.0267. The zero-order chi connectivity index (χ0) is 26.1. The van der Waals surface area contributed by atoms with E-state index in [-0.39, 0.29) is 17.8 Å². The first kappa shape index (κ1) is 25.6. The molecule has 2 aromatic carbocycles. The number of aryl methyl sites for hydroxylation is 1. The van der Waals surface area contributed by atoms with Gasteiger partial charge in [-0.2, -0.15) is 13.2 Å². The van der Waals surface area contributed by atoms with Crippen molar-refractivity contribution in [1.29, 1.82) is 0 Å². The standard InChI is InChI=1S/C27H28F3N3O3/c1-16-13-19(15-22(14-16)32-25-31-12-11-23(33-25)27(28,29)30)17-3-7-20(8-4-17)26(2,36)21-9-5-18(6-10-21)24(34)35/h3-4,7-8,11-15,18,21,36H,5-6,9-10H2,1-2H3,(H,34,35)(H,31,32,33)/t18-,21-,26?. The lowest BCUT2D eigenvalue weighted by Gasteiger charge is -2.37. The third-order valence-electron chi connectivity index (χ3n) is 6.95. The second-order valence-electron chi connectivity index (χ2n) is 9.59. The fourth-order valence-corrected chi connectivity index (χ4v) is 4.87. The lowest BCUT2D eigenvalue weighted by atomic mass is 9.71. The molecule has 3 N–H and O–H groups in total. The Morgan fingerprint density at radius 2 is 1.67 bits per heavy atom. The van der Waals surface area contributed by atoms with Gasteiger partial charge in [-0.25, -0.2) is 9.97 Å². The summed E-state index contributed by atoms with van der Waals surface area (Å²) in [6.45, 7) is 3.66. The van der Waals surface area contributed by atoms with Crippen LogP contribution in [-0.2, 0) is 16.6 Å². The van der Waals surface area contributed by atoms with Crippen molar-refractivity contribution in [2.75, 3.05) is 5.32 Å². The molecule has 1 aliphatic carbocycles. The molecule has 1 saturated carbocycles. The van der Waals surface area contributed by atoms with Gasteiger partial charge in [0.15, 0.2) is 0 Å². The van der Waals surface area contributed by atoms with Crippen LogP contribution in [0.3, 0.4) is 0 Å². The van der Waals surface area contributed by atoms with Gasteiger partial charge in [0.1, 0.15) is 5.69 Å². The van der Waals surface area contributed by atoms with Crippen LogP contribution in [0.2, 0.25) is 0 Å². The van der Waals surface area contributed by atoms with E-state index < -0.39 is 23.4 Å². The zero-order valence-electron chi connectivity index (χ0n) is 20.0. The number of aliphatic hydroxyl groups is 1. The lowest BCUT2D eigenvalue weighted by Crippen LogP contribution is -2.35. The summed E-state index contributed by atoms with van der Waals surface area (Å²) in [6.07, 6.45) is -1.08. The first-order chi connectivity index (χ1) is 16.9. The first-order valence-electron chi connectivity index (χ1n) is 11.8. The number of nitrogens with zero attached hydrogens (tertiary/aromatic N) is 2. The molecule has 0 radical (unpaired) electrons. The molecule has 0 spiro atoms. The molecule has 1 heterocycles. The van der Waals surface area contributed by atoms with Gasteiger partial charge in [-0.05, 0) is 85.9 Å². The number of halogens is 3. The van der Waals surface area contributed by atoms with Gasteiger partial charge in [0.25, 0.3) is 0 Å². The maximum absolute atomic E-state index is 13.0. The van der Waals surface area contributed by atoms with Crippen LogP contribution >= 0.6 is 0 Å². The summed E-state index contributed by atoms with van der Waals surface area (Å²) in [5.41, 5.74) is 1.82. The van der Waals surface area contributed by atoms with Crippen LogP contribution < -0.4 is 5.32 Å². The summed E-state index contributed by atoms with van der Waals surface area (Å²) in [4.78, 5) is 18.7. The Morgan fingerprint density at radius 3 is 2.28 bits per heavy atom. The average molecular weight is 500 g/mol. The minimum Gasteiger partial charge on any atom is -0.481 e. The first-order valence-corrected chi connectivity index (χ1v) is 11.8. The van der Waals surface area contributed by atoms with E-state index in [1.54, 1.807) is 19.1 Å². The van der Waals surface area contributed by atoms with Gasteiger partial charge in [0, 0.05) is 11.9 Å². The molecule has 6 nitrogen and oxygen atoms in total. The Kier molecular flexibility index (Phi) is 7.04. The van der Waals surface area contributed by atoms with Gasteiger partial charge >= 0.3 is 12.1 Å². The molecular formula is C27H28F3N3O3. The van der Waals surface area contributed by atoms with E-state index >= 15 is 0 Å². The number of aliphatic carboxylic acids is 1. The lowest BCUT2D eigenvalue weighted by molar-refractivity contribution is -0.144. The van der Waals surface area contributed by atoms with Gasteiger partial charge in [0.05, 0.1) is 11.5 Å². The number of hydrogen-bond acceptors (Lipinski definition) is 5. The summed E-state index contributed by atoms with van der Waals surface area (Å²) < 4.78 is 38.9. The van der Waals surface area contributed by atoms with Gasteiger partial charge < -0.3 is 15.5 Å². The Balaban J connectivity index is 1.52. The molecule has 0 aliphatic heterocycles. The number of aromatic nitrogens is 2. The predicted molar refractivity (Wildman–Crippen MR) is 130 cm³/mol. The zero-order valence-corrected chi connectivity index (χ0v) is 20.0. The molecule has 1 atom stereocenters. The maximum atomic E-state index is 13.0. The molecule has 9 heteroatoms. The number of alkyl halides is 3. The summed E-state index contributed by atoms with van der Waals surface area (Å²) >= 11 is 0. The number of nitrogens with one attached hydrogen (secondary N) is 1. The summed E-state index contributed by atoms with van der Waals surface area (Å²) in [6, 6.07) is 13.9. The fourth-order valence-electron chi connectivity index (χ4n) is 4.87. The second-order valence-corrected chi connectivity index (χ2v) is 9.59. The monoisotopic (exact) mass is 499 g/mol. The normalized spacial score (nSPS) is 19.9. The van der Waals surface area contributed by atoms with Gasteiger partial charge in [-0.15, -0.1) is 0 Å². The molecule has 0 bridgehead atoms. The third-order valence-corrected chi connectivity index (χ3v) is 6.95. The topological polar surface area (TPSA) is 95.3 Å². The molecule has 0 saturated heterocycles. The summed E-state index contributed by atoms with van der Waals surface area (Å²) in [5.74, 6) is -1.29. The van der Waals surface area contributed by atoms with E-state index in [4.69, 9.17) is 0 Å². The average Bonchev–Trinajstić information content (AvgIpc) is 2.83. The van der Waals surface area contributed by atoms with Crippen LogP contribution in [0.5, 0.6) is 0 Å². The van der Waals surface area contributed by atoms with E-state index in [1.165, 1.54) is 0 Å². The molecule has 36 heavy (non-hydrogen) atoms. The highest BCUT2D eigenvalue weighted by Crippen LogP contribution is 2.41. The minimum atomic E-state index is -4.56. The van der Waals surface area contributed by atoms with Crippen LogP contribution in [0.25, 0.3) is 11.1 Å². The Labute approximate surface area is 207 Å².